The molecule has 6 nitrogen and oxygen atoms in total. The molecule has 0 unspecified atom stereocenters. The number of nitrogens with one attached hydrogen (secondary N) is 2. The first-order valence-electron chi connectivity index (χ1n) is 6.80. The molecular formula is C14H22N2O4S. The molecule has 0 heterocycles. The lowest BCUT2D eigenvalue weighted by atomic mass is 10.3. The lowest BCUT2D eigenvalue weighted by Crippen LogP contribution is -2.33. The maximum atomic E-state index is 12.1. The van der Waals surface area contributed by atoms with Crippen molar-refractivity contribution < 1.29 is 17.9 Å². The number of ether oxygens (including phenoxy) is 1. The smallest absolute Gasteiger partial charge is 0.260 e. The van der Waals surface area contributed by atoms with E-state index in [1.165, 1.54) is 31.3 Å². The Kier molecular flexibility index (Phi) is 6.17. The van der Waals surface area contributed by atoms with Crippen LogP contribution in [0.15, 0.2) is 29.2 Å². The summed E-state index contributed by atoms with van der Waals surface area (Å²) in [5.41, 5.74) is 0. The maximum Gasteiger partial charge on any atom is 0.260 e. The largest absolute Gasteiger partial charge is 0.481 e. The Labute approximate surface area is 125 Å². The second-order valence-corrected chi connectivity index (χ2v) is 6.49. The SMILES string of the molecule is CC[C@H](C)NS(=O)(=O)c1ccc(O[C@@H](C)C(=O)NC)cc1. The average molecular weight is 314 g/mol. The molecule has 2 N–H and O–H groups in total. The fourth-order valence-corrected chi connectivity index (χ4v) is 2.90. The predicted molar refractivity (Wildman–Crippen MR) is 80.7 cm³/mol. The van der Waals surface area contributed by atoms with Gasteiger partial charge >= 0.3 is 0 Å². The summed E-state index contributed by atoms with van der Waals surface area (Å²) in [6.07, 6.45) is 0.0695. The lowest BCUT2D eigenvalue weighted by Gasteiger charge is -2.14. The summed E-state index contributed by atoms with van der Waals surface area (Å²) in [6, 6.07) is 5.85. The van der Waals surface area contributed by atoms with Gasteiger partial charge in [-0.25, -0.2) is 13.1 Å². The zero-order valence-corrected chi connectivity index (χ0v) is 13.5. The number of likely N-dealkylation sites (N-methyl/N-ethyl adjacent to an activating group) is 1. The molecule has 0 spiro atoms. The van der Waals surface area contributed by atoms with Crippen molar-refractivity contribution in [1.82, 2.24) is 10.0 Å². The van der Waals surface area contributed by atoms with Gasteiger partial charge in [0.05, 0.1) is 4.90 Å². The van der Waals surface area contributed by atoms with E-state index in [2.05, 4.69) is 10.0 Å². The van der Waals surface area contributed by atoms with Crippen LogP contribution in [0, 0.1) is 0 Å². The van der Waals surface area contributed by atoms with Gasteiger partial charge in [-0.3, -0.25) is 4.79 Å². The number of carbonyl (C=O) groups excluding carboxylic acids is 1. The number of hydrogen-bond acceptors (Lipinski definition) is 4. The molecule has 2 atom stereocenters. The van der Waals surface area contributed by atoms with Gasteiger partial charge in [0.15, 0.2) is 6.10 Å². The molecule has 0 aromatic heterocycles. The van der Waals surface area contributed by atoms with Crippen molar-refractivity contribution in [3.8, 4) is 5.75 Å². The zero-order chi connectivity index (χ0) is 16.0. The Morgan fingerprint density at radius 2 is 1.81 bits per heavy atom. The van der Waals surface area contributed by atoms with Crippen molar-refractivity contribution in [2.24, 2.45) is 0 Å². The number of carbonyl (C=O) groups is 1. The van der Waals surface area contributed by atoms with E-state index in [0.717, 1.165) is 0 Å². The summed E-state index contributed by atoms with van der Waals surface area (Å²) in [6.45, 7) is 5.33. The van der Waals surface area contributed by atoms with Crippen LogP contribution < -0.4 is 14.8 Å². The molecule has 0 aliphatic rings. The van der Waals surface area contributed by atoms with Crippen LogP contribution >= 0.6 is 0 Å². The highest BCUT2D eigenvalue weighted by Gasteiger charge is 2.17. The van der Waals surface area contributed by atoms with Crippen LogP contribution in [-0.2, 0) is 14.8 Å². The van der Waals surface area contributed by atoms with Gasteiger partial charge in [-0.05, 0) is 44.5 Å². The van der Waals surface area contributed by atoms with E-state index in [1.807, 2.05) is 6.92 Å². The zero-order valence-electron chi connectivity index (χ0n) is 12.7. The number of benzene rings is 1. The minimum atomic E-state index is -3.52. The van der Waals surface area contributed by atoms with Crippen molar-refractivity contribution in [3.05, 3.63) is 24.3 Å². The monoisotopic (exact) mass is 314 g/mol. The quantitative estimate of drug-likeness (QED) is 0.794. The van der Waals surface area contributed by atoms with Gasteiger partial charge in [-0.1, -0.05) is 6.92 Å². The Balaban J connectivity index is 2.80. The summed E-state index contributed by atoms with van der Waals surface area (Å²) in [7, 11) is -2.00. The molecule has 118 valence electrons. The highest BCUT2D eigenvalue weighted by atomic mass is 32.2. The summed E-state index contributed by atoms with van der Waals surface area (Å²) in [4.78, 5) is 11.5. The standard InChI is InChI=1S/C14H22N2O4S/c1-5-10(2)16-21(18,19)13-8-6-12(7-9-13)20-11(3)14(17)15-4/h6-11,16H,5H2,1-4H3,(H,15,17)/t10-,11-/m0/s1. The van der Waals surface area contributed by atoms with Gasteiger partial charge in [-0.15, -0.1) is 0 Å². The van der Waals surface area contributed by atoms with Gasteiger partial charge in [-0.2, -0.15) is 0 Å². The molecule has 0 saturated carbocycles. The number of hydrogen-bond donors (Lipinski definition) is 2. The molecule has 0 aliphatic carbocycles. The van der Waals surface area contributed by atoms with E-state index < -0.39 is 16.1 Å². The third kappa shape index (κ3) is 5.02. The second kappa shape index (κ2) is 7.42. The fourth-order valence-electron chi connectivity index (χ4n) is 1.57. The topological polar surface area (TPSA) is 84.5 Å². The molecule has 0 bridgehead atoms. The highest BCUT2D eigenvalue weighted by Crippen LogP contribution is 2.17. The van der Waals surface area contributed by atoms with Crippen LogP contribution in [-0.4, -0.2) is 33.5 Å². The maximum absolute atomic E-state index is 12.1. The Bertz CT molecular complexity index is 569. The molecule has 0 saturated heterocycles. The molecule has 0 fully saturated rings. The van der Waals surface area contributed by atoms with Crippen LogP contribution in [0.25, 0.3) is 0 Å². The van der Waals surface area contributed by atoms with E-state index in [9.17, 15) is 13.2 Å². The van der Waals surface area contributed by atoms with Crippen LogP contribution in [0.2, 0.25) is 0 Å². The summed E-state index contributed by atoms with van der Waals surface area (Å²) in [5, 5.41) is 2.48. The van der Waals surface area contributed by atoms with Gasteiger partial charge in [0.25, 0.3) is 5.91 Å². The minimum Gasteiger partial charge on any atom is -0.481 e. The van der Waals surface area contributed by atoms with Crippen LogP contribution in [0.5, 0.6) is 5.75 Å². The first-order valence-corrected chi connectivity index (χ1v) is 8.29. The predicted octanol–water partition coefficient (Wildman–Crippen LogP) is 1.28. The third-order valence-corrected chi connectivity index (χ3v) is 4.64. The lowest BCUT2D eigenvalue weighted by molar-refractivity contribution is -0.126. The highest BCUT2D eigenvalue weighted by molar-refractivity contribution is 7.89. The summed E-state index contributed by atoms with van der Waals surface area (Å²) >= 11 is 0. The molecular weight excluding hydrogens is 292 g/mol. The van der Waals surface area contributed by atoms with Crippen molar-refractivity contribution in [1.29, 1.82) is 0 Å². The van der Waals surface area contributed by atoms with Gasteiger partial charge in [0.1, 0.15) is 5.75 Å². The molecule has 21 heavy (non-hydrogen) atoms. The average Bonchev–Trinajstić information content (AvgIpc) is 2.46. The molecule has 0 radical (unpaired) electrons. The van der Waals surface area contributed by atoms with E-state index in [0.29, 0.717) is 12.2 Å². The molecule has 7 heteroatoms. The summed E-state index contributed by atoms with van der Waals surface area (Å²) < 4.78 is 32.1. The Morgan fingerprint density at radius 1 is 1.24 bits per heavy atom. The van der Waals surface area contributed by atoms with Crippen molar-refractivity contribution in [2.75, 3.05) is 7.05 Å². The van der Waals surface area contributed by atoms with E-state index in [1.54, 1.807) is 13.8 Å². The van der Waals surface area contributed by atoms with Gasteiger partial charge in [0, 0.05) is 13.1 Å². The third-order valence-electron chi connectivity index (χ3n) is 3.03. The van der Waals surface area contributed by atoms with E-state index in [4.69, 9.17) is 4.74 Å². The first kappa shape index (κ1) is 17.5. The normalized spacial score (nSPS) is 14.3. The molecule has 1 aromatic carbocycles. The van der Waals surface area contributed by atoms with E-state index >= 15 is 0 Å². The number of amides is 1. The van der Waals surface area contributed by atoms with Gasteiger partial charge < -0.3 is 10.1 Å². The number of rotatable bonds is 7. The fraction of sp³-hybridized carbons (Fsp3) is 0.500. The summed E-state index contributed by atoms with van der Waals surface area (Å²) in [5.74, 6) is 0.193. The molecule has 1 aromatic rings. The van der Waals surface area contributed by atoms with Crippen molar-refractivity contribution in [2.45, 2.75) is 44.2 Å². The first-order chi connectivity index (χ1) is 9.80. The van der Waals surface area contributed by atoms with Gasteiger partial charge in [0.2, 0.25) is 10.0 Å². The molecule has 1 amide bonds. The van der Waals surface area contributed by atoms with Crippen LogP contribution in [0.1, 0.15) is 27.2 Å². The Morgan fingerprint density at radius 3 is 2.29 bits per heavy atom. The van der Waals surface area contributed by atoms with Crippen LogP contribution in [0.3, 0.4) is 0 Å². The van der Waals surface area contributed by atoms with Crippen LogP contribution in [0.4, 0.5) is 0 Å². The molecule has 1 rings (SSSR count). The van der Waals surface area contributed by atoms with Crippen molar-refractivity contribution >= 4 is 15.9 Å². The number of sulfonamides is 1. The van der Waals surface area contributed by atoms with E-state index in [-0.39, 0.29) is 16.8 Å². The Hall–Kier alpha value is -1.60. The minimum absolute atomic E-state index is 0.126. The second-order valence-electron chi connectivity index (χ2n) is 4.78. The van der Waals surface area contributed by atoms with Crippen molar-refractivity contribution in [3.63, 3.8) is 0 Å². The molecule has 0 aliphatic heterocycles.